The van der Waals surface area contributed by atoms with E-state index in [1.54, 1.807) is 12.1 Å². The molecule has 0 aliphatic heterocycles. The van der Waals surface area contributed by atoms with Gasteiger partial charge in [0, 0.05) is 17.7 Å². The number of fused-ring (bicyclic) bond motifs is 1. The minimum absolute atomic E-state index is 0.0259. The highest BCUT2D eigenvalue weighted by Crippen LogP contribution is 2.42. The van der Waals surface area contributed by atoms with Crippen LogP contribution in [0.4, 0.5) is 4.39 Å². The highest BCUT2D eigenvalue weighted by molar-refractivity contribution is 5.37. The molecule has 3 aromatic rings. The van der Waals surface area contributed by atoms with E-state index in [-0.39, 0.29) is 17.8 Å². The second-order valence-electron chi connectivity index (χ2n) is 7.47. The quantitative estimate of drug-likeness (QED) is 0.725. The molecule has 140 valence electrons. The van der Waals surface area contributed by atoms with Crippen molar-refractivity contribution >= 4 is 0 Å². The minimum atomic E-state index is -0.605. The molecule has 5 heteroatoms. The lowest BCUT2D eigenvalue weighted by atomic mass is 9.70. The molecule has 1 aromatic heterocycles. The molecule has 27 heavy (non-hydrogen) atoms. The molecule has 0 fully saturated rings. The van der Waals surface area contributed by atoms with Crippen molar-refractivity contribution in [2.45, 2.75) is 31.8 Å². The Morgan fingerprint density at radius 2 is 1.85 bits per heavy atom. The number of benzene rings is 2. The van der Waals surface area contributed by atoms with Crippen molar-refractivity contribution in [1.29, 1.82) is 0 Å². The van der Waals surface area contributed by atoms with Crippen LogP contribution in [0.5, 0.6) is 0 Å². The Bertz CT molecular complexity index is 908. The summed E-state index contributed by atoms with van der Waals surface area (Å²) in [6.45, 7) is 0.0259. The molecule has 2 N–H and O–H groups in total. The van der Waals surface area contributed by atoms with Crippen LogP contribution in [-0.2, 0) is 12.8 Å². The van der Waals surface area contributed by atoms with E-state index in [0.29, 0.717) is 12.8 Å². The van der Waals surface area contributed by atoms with E-state index in [4.69, 9.17) is 0 Å². The Hall–Kier alpha value is -2.50. The number of nitrogens with zero attached hydrogens (tertiary/aromatic N) is 2. The van der Waals surface area contributed by atoms with Crippen LogP contribution in [0, 0.1) is 11.2 Å². The fourth-order valence-electron chi connectivity index (χ4n) is 4.08. The van der Waals surface area contributed by atoms with Crippen molar-refractivity contribution in [2.75, 3.05) is 6.61 Å². The maximum absolute atomic E-state index is 13.2. The molecule has 0 saturated heterocycles. The zero-order valence-electron chi connectivity index (χ0n) is 15.1. The maximum atomic E-state index is 13.2. The molecule has 2 atom stereocenters. The zero-order chi connectivity index (χ0) is 18.9. The van der Waals surface area contributed by atoms with Gasteiger partial charge in [0.1, 0.15) is 5.82 Å². The van der Waals surface area contributed by atoms with Gasteiger partial charge in [-0.25, -0.2) is 9.07 Å². The molecule has 0 spiro atoms. The smallest absolute Gasteiger partial charge is 0.123 e. The van der Waals surface area contributed by atoms with Crippen LogP contribution >= 0.6 is 0 Å². The number of aliphatic hydroxyl groups excluding tert-OH is 2. The Balaban J connectivity index is 1.57. The minimum Gasteiger partial charge on any atom is -0.396 e. The summed E-state index contributed by atoms with van der Waals surface area (Å²) in [4.78, 5) is 0. The van der Waals surface area contributed by atoms with Gasteiger partial charge in [-0.2, -0.15) is 5.10 Å². The number of aromatic nitrogens is 2. The molecular formula is C22H23FN2O2. The van der Waals surface area contributed by atoms with Crippen LogP contribution in [-0.4, -0.2) is 26.6 Å². The van der Waals surface area contributed by atoms with Gasteiger partial charge >= 0.3 is 0 Å². The first-order valence-corrected chi connectivity index (χ1v) is 9.26. The second-order valence-corrected chi connectivity index (χ2v) is 7.47. The van der Waals surface area contributed by atoms with E-state index < -0.39 is 6.10 Å². The van der Waals surface area contributed by atoms with E-state index in [1.807, 2.05) is 41.2 Å². The highest BCUT2D eigenvalue weighted by Gasteiger charge is 2.37. The van der Waals surface area contributed by atoms with Crippen molar-refractivity contribution < 1.29 is 14.6 Å². The predicted molar refractivity (Wildman–Crippen MR) is 101 cm³/mol. The third-order valence-corrected chi connectivity index (χ3v) is 5.63. The molecule has 2 unspecified atom stereocenters. The normalized spacial score (nSPS) is 20.3. The first-order valence-electron chi connectivity index (χ1n) is 9.26. The van der Waals surface area contributed by atoms with Gasteiger partial charge in [0.25, 0.3) is 0 Å². The van der Waals surface area contributed by atoms with E-state index >= 15 is 0 Å². The average Bonchev–Trinajstić information content (AvgIpc) is 3.12. The molecular weight excluding hydrogens is 343 g/mol. The molecule has 0 radical (unpaired) electrons. The topological polar surface area (TPSA) is 58.3 Å². The number of halogens is 1. The standard InChI is InChI=1S/C22H23FN2O2/c23-18-6-8-19(9-7-18)25-20-10-11-22(15-26,12-17(20)14-24-25)13-21(27)16-4-2-1-3-5-16/h1-9,14,21,26-27H,10-13,15H2. The van der Waals surface area contributed by atoms with Crippen molar-refractivity contribution in [3.8, 4) is 5.69 Å². The fraction of sp³-hybridized carbons (Fsp3) is 0.318. The summed E-state index contributed by atoms with van der Waals surface area (Å²) in [6.07, 6.45) is 3.93. The van der Waals surface area contributed by atoms with Crippen LogP contribution < -0.4 is 0 Å². The van der Waals surface area contributed by atoms with Crippen molar-refractivity contribution in [1.82, 2.24) is 9.78 Å². The summed E-state index contributed by atoms with van der Waals surface area (Å²) in [5.41, 5.74) is 3.52. The largest absolute Gasteiger partial charge is 0.396 e. The van der Waals surface area contributed by atoms with Gasteiger partial charge in [0.05, 0.1) is 18.0 Å². The Morgan fingerprint density at radius 3 is 2.56 bits per heavy atom. The Labute approximate surface area is 157 Å². The lowest BCUT2D eigenvalue weighted by Gasteiger charge is -2.37. The van der Waals surface area contributed by atoms with E-state index in [1.165, 1.54) is 12.1 Å². The van der Waals surface area contributed by atoms with Gasteiger partial charge < -0.3 is 10.2 Å². The SMILES string of the molecule is OCC1(CC(O)c2ccccc2)CCc2c(cnn2-c2ccc(F)cc2)C1. The summed E-state index contributed by atoms with van der Waals surface area (Å²) in [6, 6.07) is 15.9. The van der Waals surface area contributed by atoms with Crippen LogP contribution in [0.15, 0.2) is 60.8 Å². The summed E-state index contributed by atoms with van der Waals surface area (Å²) in [5, 5.41) is 25.3. The molecule has 0 bridgehead atoms. The lowest BCUT2D eigenvalue weighted by molar-refractivity contribution is 0.0380. The van der Waals surface area contributed by atoms with Gasteiger partial charge in [-0.05, 0) is 61.1 Å². The van der Waals surface area contributed by atoms with E-state index in [2.05, 4.69) is 5.10 Å². The molecule has 2 aromatic carbocycles. The number of rotatable bonds is 5. The monoisotopic (exact) mass is 366 g/mol. The summed E-state index contributed by atoms with van der Waals surface area (Å²) in [5.74, 6) is -0.269. The molecule has 4 rings (SSSR count). The van der Waals surface area contributed by atoms with Crippen LogP contribution in [0.25, 0.3) is 5.69 Å². The van der Waals surface area contributed by atoms with Gasteiger partial charge in [0.15, 0.2) is 0 Å². The van der Waals surface area contributed by atoms with E-state index in [9.17, 15) is 14.6 Å². The number of hydrogen-bond donors (Lipinski definition) is 2. The highest BCUT2D eigenvalue weighted by atomic mass is 19.1. The van der Waals surface area contributed by atoms with Gasteiger partial charge in [-0.1, -0.05) is 30.3 Å². The van der Waals surface area contributed by atoms with E-state index in [0.717, 1.165) is 35.3 Å². The van der Waals surface area contributed by atoms with Crippen LogP contribution in [0.2, 0.25) is 0 Å². The first-order chi connectivity index (χ1) is 13.1. The average molecular weight is 366 g/mol. The maximum Gasteiger partial charge on any atom is 0.123 e. The van der Waals surface area contributed by atoms with Crippen molar-refractivity contribution in [3.05, 3.63) is 83.4 Å². The van der Waals surface area contributed by atoms with Gasteiger partial charge in [-0.15, -0.1) is 0 Å². The van der Waals surface area contributed by atoms with Crippen molar-refractivity contribution in [3.63, 3.8) is 0 Å². The summed E-state index contributed by atoms with van der Waals surface area (Å²) >= 11 is 0. The van der Waals surface area contributed by atoms with Gasteiger partial charge in [0.2, 0.25) is 0 Å². The summed E-state index contributed by atoms with van der Waals surface area (Å²) < 4.78 is 15.0. The second kappa shape index (κ2) is 7.25. The number of aliphatic hydroxyl groups is 2. The fourth-order valence-corrected chi connectivity index (χ4v) is 4.08. The molecule has 1 aliphatic rings. The van der Waals surface area contributed by atoms with Gasteiger partial charge in [-0.3, -0.25) is 0 Å². The molecule has 0 saturated carbocycles. The van der Waals surface area contributed by atoms with Crippen LogP contribution in [0.1, 0.15) is 35.8 Å². The Kier molecular flexibility index (Phi) is 4.81. The molecule has 4 nitrogen and oxygen atoms in total. The third kappa shape index (κ3) is 3.53. The summed E-state index contributed by atoms with van der Waals surface area (Å²) in [7, 11) is 0. The number of hydrogen-bond acceptors (Lipinski definition) is 3. The Morgan fingerprint density at radius 1 is 1.11 bits per heavy atom. The molecule has 0 amide bonds. The third-order valence-electron chi connectivity index (χ3n) is 5.63. The molecule has 1 aliphatic carbocycles. The van der Waals surface area contributed by atoms with Crippen molar-refractivity contribution in [2.24, 2.45) is 5.41 Å². The van der Waals surface area contributed by atoms with Crippen LogP contribution in [0.3, 0.4) is 0 Å². The first kappa shape index (κ1) is 17.9. The lowest BCUT2D eigenvalue weighted by Crippen LogP contribution is -2.34. The zero-order valence-corrected chi connectivity index (χ0v) is 15.1. The predicted octanol–water partition coefficient (Wildman–Crippen LogP) is 3.60. The molecule has 1 heterocycles.